The maximum atomic E-state index is 11.7. The summed E-state index contributed by atoms with van der Waals surface area (Å²) in [5, 5.41) is 2.80. The lowest BCUT2D eigenvalue weighted by molar-refractivity contribution is 0.198. The van der Waals surface area contributed by atoms with Crippen LogP contribution in [0, 0.1) is 0 Å². The molecule has 0 radical (unpaired) electrons. The van der Waals surface area contributed by atoms with E-state index in [2.05, 4.69) is 24.1 Å². The molecule has 0 spiro atoms. The van der Waals surface area contributed by atoms with Gasteiger partial charge >= 0.3 is 6.09 Å². The number of hydrogen-bond acceptors (Lipinski definition) is 3. The molecule has 1 aromatic rings. The molecular weight excluding hydrogens is 252 g/mol. The second kappa shape index (κ2) is 7.29. The zero-order valence-corrected chi connectivity index (χ0v) is 12.4. The van der Waals surface area contributed by atoms with E-state index in [4.69, 9.17) is 4.74 Å². The van der Waals surface area contributed by atoms with Gasteiger partial charge < -0.3 is 15.0 Å². The highest BCUT2D eigenvalue weighted by molar-refractivity contribution is 5.70. The van der Waals surface area contributed by atoms with Crippen molar-refractivity contribution in [1.82, 2.24) is 10.2 Å². The summed E-state index contributed by atoms with van der Waals surface area (Å²) in [6.45, 7) is 8.08. The summed E-state index contributed by atoms with van der Waals surface area (Å²) >= 11 is 0. The molecule has 0 bridgehead atoms. The standard InChI is InChI=1S/C16H24N2O2/c1-13(2)14-6-5-7-15(12-14)20-16(19)17-8-11-18-9-3-4-10-18/h5-7,12-13H,3-4,8-11H2,1-2H3,(H,17,19). The van der Waals surface area contributed by atoms with Crippen LogP contribution in [0.3, 0.4) is 0 Å². The number of rotatable bonds is 5. The summed E-state index contributed by atoms with van der Waals surface area (Å²) in [6, 6.07) is 7.70. The maximum Gasteiger partial charge on any atom is 0.412 e. The van der Waals surface area contributed by atoms with Gasteiger partial charge in [0.1, 0.15) is 5.75 Å². The van der Waals surface area contributed by atoms with Crippen molar-refractivity contribution in [2.24, 2.45) is 0 Å². The van der Waals surface area contributed by atoms with Gasteiger partial charge in [0, 0.05) is 13.1 Å². The lowest BCUT2D eigenvalue weighted by atomic mass is 10.0. The number of hydrogen-bond donors (Lipinski definition) is 1. The molecule has 1 heterocycles. The normalized spacial score (nSPS) is 15.6. The van der Waals surface area contributed by atoms with Crippen molar-refractivity contribution in [1.29, 1.82) is 0 Å². The Morgan fingerprint density at radius 3 is 2.80 bits per heavy atom. The van der Waals surface area contributed by atoms with Crippen LogP contribution in [0.4, 0.5) is 4.79 Å². The molecule has 0 atom stereocenters. The Morgan fingerprint density at radius 1 is 1.35 bits per heavy atom. The molecule has 1 fully saturated rings. The first-order valence-electron chi connectivity index (χ1n) is 7.43. The Hall–Kier alpha value is -1.55. The zero-order valence-electron chi connectivity index (χ0n) is 12.4. The van der Waals surface area contributed by atoms with Crippen LogP contribution >= 0.6 is 0 Å². The van der Waals surface area contributed by atoms with Crippen molar-refractivity contribution >= 4 is 6.09 Å². The van der Waals surface area contributed by atoms with E-state index in [-0.39, 0.29) is 6.09 Å². The van der Waals surface area contributed by atoms with Gasteiger partial charge in [-0.1, -0.05) is 26.0 Å². The van der Waals surface area contributed by atoms with E-state index in [9.17, 15) is 4.79 Å². The van der Waals surface area contributed by atoms with Crippen LogP contribution in [0.2, 0.25) is 0 Å². The van der Waals surface area contributed by atoms with Gasteiger partial charge in [0.25, 0.3) is 0 Å². The SMILES string of the molecule is CC(C)c1cccc(OC(=O)NCCN2CCCC2)c1. The average Bonchev–Trinajstić information content (AvgIpc) is 2.92. The lowest BCUT2D eigenvalue weighted by Crippen LogP contribution is -2.35. The van der Waals surface area contributed by atoms with Crippen LogP contribution in [0.25, 0.3) is 0 Å². The van der Waals surface area contributed by atoms with Crippen LogP contribution in [0.1, 0.15) is 38.2 Å². The second-order valence-corrected chi connectivity index (χ2v) is 5.59. The highest BCUT2D eigenvalue weighted by atomic mass is 16.6. The van der Waals surface area contributed by atoms with E-state index in [0.717, 1.165) is 19.6 Å². The molecule has 1 N–H and O–H groups in total. The Labute approximate surface area is 121 Å². The van der Waals surface area contributed by atoms with Gasteiger partial charge in [-0.2, -0.15) is 0 Å². The largest absolute Gasteiger partial charge is 0.412 e. The number of ether oxygens (including phenoxy) is 1. The number of likely N-dealkylation sites (tertiary alicyclic amines) is 1. The van der Waals surface area contributed by atoms with Gasteiger partial charge in [-0.3, -0.25) is 0 Å². The molecule has 0 saturated carbocycles. The van der Waals surface area contributed by atoms with Gasteiger partial charge in [0.2, 0.25) is 0 Å². The van der Waals surface area contributed by atoms with Gasteiger partial charge in [-0.15, -0.1) is 0 Å². The summed E-state index contributed by atoms with van der Waals surface area (Å²) in [4.78, 5) is 14.1. The van der Waals surface area contributed by atoms with Crippen LogP contribution < -0.4 is 10.1 Å². The molecular formula is C16H24N2O2. The van der Waals surface area contributed by atoms with Gasteiger partial charge in [0.15, 0.2) is 0 Å². The minimum atomic E-state index is -0.370. The Balaban J connectivity index is 1.74. The quantitative estimate of drug-likeness (QED) is 0.899. The van der Waals surface area contributed by atoms with Gasteiger partial charge in [-0.25, -0.2) is 4.79 Å². The molecule has 1 saturated heterocycles. The molecule has 0 unspecified atom stereocenters. The van der Waals surface area contributed by atoms with E-state index in [1.54, 1.807) is 0 Å². The molecule has 0 aliphatic carbocycles. The Bertz CT molecular complexity index is 440. The molecule has 1 aliphatic heterocycles. The first-order valence-corrected chi connectivity index (χ1v) is 7.43. The summed E-state index contributed by atoms with van der Waals surface area (Å²) in [7, 11) is 0. The molecule has 1 amide bonds. The summed E-state index contributed by atoms with van der Waals surface area (Å²) in [5.74, 6) is 1.03. The smallest absolute Gasteiger partial charge is 0.410 e. The molecule has 4 heteroatoms. The maximum absolute atomic E-state index is 11.7. The highest BCUT2D eigenvalue weighted by Crippen LogP contribution is 2.20. The van der Waals surface area contributed by atoms with E-state index in [1.165, 1.54) is 18.4 Å². The molecule has 1 aromatic carbocycles. The topological polar surface area (TPSA) is 41.6 Å². The summed E-state index contributed by atoms with van der Waals surface area (Å²) < 4.78 is 5.30. The molecule has 1 aliphatic rings. The molecule has 20 heavy (non-hydrogen) atoms. The van der Waals surface area contributed by atoms with Gasteiger partial charge in [0.05, 0.1) is 0 Å². The predicted octanol–water partition coefficient (Wildman–Crippen LogP) is 2.99. The molecule has 0 aromatic heterocycles. The molecule has 110 valence electrons. The predicted molar refractivity (Wildman–Crippen MR) is 80.2 cm³/mol. The fourth-order valence-corrected chi connectivity index (χ4v) is 2.40. The van der Waals surface area contributed by atoms with Gasteiger partial charge in [-0.05, 0) is 49.5 Å². The zero-order chi connectivity index (χ0) is 14.4. The third-order valence-corrected chi connectivity index (χ3v) is 3.63. The lowest BCUT2D eigenvalue weighted by Gasteiger charge is -2.14. The van der Waals surface area contributed by atoms with Crippen molar-refractivity contribution < 1.29 is 9.53 Å². The fraction of sp³-hybridized carbons (Fsp3) is 0.562. The number of carbonyl (C=O) groups excluding carboxylic acids is 1. The van der Waals surface area contributed by atoms with E-state index < -0.39 is 0 Å². The summed E-state index contributed by atoms with van der Waals surface area (Å²) in [6.07, 6.45) is 2.17. The Morgan fingerprint density at radius 2 is 2.10 bits per heavy atom. The average molecular weight is 276 g/mol. The Kier molecular flexibility index (Phi) is 5.41. The monoisotopic (exact) mass is 276 g/mol. The highest BCUT2D eigenvalue weighted by Gasteiger charge is 2.11. The molecule has 4 nitrogen and oxygen atoms in total. The summed E-state index contributed by atoms with van der Waals surface area (Å²) in [5.41, 5.74) is 1.17. The van der Waals surface area contributed by atoms with Crippen molar-refractivity contribution in [3.63, 3.8) is 0 Å². The van der Waals surface area contributed by atoms with Crippen molar-refractivity contribution in [3.8, 4) is 5.75 Å². The minimum Gasteiger partial charge on any atom is -0.410 e. The van der Waals surface area contributed by atoms with Crippen molar-refractivity contribution in [3.05, 3.63) is 29.8 Å². The van der Waals surface area contributed by atoms with Crippen molar-refractivity contribution in [2.75, 3.05) is 26.2 Å². The van der Waals surface area contributed by atoms with Crippen LogP contribution in [-0.4, -0.2) is 37.2 Å². The number of carbonyl (C=O) groups is 1. The van der Waals surface area contributed by atoms with Crippen LogP contribution in [0.5, 0.6) is 5.75 Å². The molecule has 2 rings (SSSR count). The van der Waals surface area contributed by atoms with Crippen molar-refractivity contribution in [2.45, 2.75) is 32.6 Å². The van der Waals surface area contributed by atoms with E-state index in [1.807, 2.05) is 24.3 Å². The number of benzene rings is 1. The number of nitrogens with one attached hydrogen (secondary N) is 1. The first kappa shape index (κ1) is 14.9. The van der Waals surface area contributed by atoms with E-state index in [0.29, 0.717) is 18.2 Å². The van der Waals surface area contributed by atoms with E-state index >= 15 is 0 Å². The fourth-order valence-electron chi connectivity index (χ4n) is 2.40. The third kappa shape index (κ3) is 4.53. The van der Waals surface area contributed by atoms with Crippen LogP contribution in [-0.2, 0) is 0 Å². The number of amides is 1. The third-order valence-electron chi connectivity index (χ3n) is 3.63. The first-order chi connectivity index (χ1) is 9.65. The van der Waals surface area contributed by atoms with Crippen LogP contribution in [0.15, 0.2) is 24.3 Å². The number of nitrogens with zero attached hydrogens (tertiary/aromatic N) is 1. The second-order valence-electron chi connectivity index (χ2n) is 5.59. The minimum absolute atomic E-state index is 0.370.